The first kappa shape index (κ1) is 41.6. The van der Waals surface area contributed by atoms with Crippen molar-refractivity contribution >= 4 is 35.4 Å². The van der Waals surface area contributed by atoms with Crippen LogP contribution in [0.15, 0.2) is 30.3 Å². The quantitative estimate of drug-likeness (QED) is 0.125. The standard InChI is InChI=1S/C39H60N4O8/c1-7-14-31(35(47)38(50)40-25(6)26-15-9-8-10-16-26)41-37(49)34-29-19-13-17-27(29)22-43(34)39(51)33(24(4)5)42-36(48)30(23(2)3)21-28(44)18-11-12-20-32(45)46/h8-10,15-16,23-25,27,29-31,33-35,47H,7,11-14,17-22H2,1-6H3,(H,40,50)(H,41,49)(H,42,48)(H,45,46)/t25-,27-,29-,30-,31?,33-,34-,35?/m0/s1. The predicted octanol–water partition coefficient (Wildman–Crippen LogP) is 4.15. The Kier molecular flexibility index (Phi) is 16.1. The van der Waals surface area contributed by atoms with Crippen molar-refractivity contribution in [3.63, 3.8) is 0 Å². The highest BCUT2D eigenvalue weighted by Gasteiger charge is 2.51. The maximum absolute atomic E-state index is 14.3. The van der Waals surface area contributed by atoms with Crippen LogP contribution in [0.5, 0.6) is 0 Å². The van der Waals surface area contributed by atoms with E-state index in [0.29, 0.717) is 32.2 Å². The lowest BCUT2D eigenvalue weighted by atomic mass is 9.88. The van der Waals surface area contributed by atoms with Gasteiger partial charge in [-0.25, -0.2) is 0 Å². The molecular weight excluding hydrogens is 652 g/mol. The first-order chi connectivity index (χ1) is 24.2. The first-order valence-electron chi connectivity index (χ1n) is 18.8. The van der Waals surface area contributed by atoms with Crippen LogP contribution in [-0.4, -0.2) is 81.3 Å². The Morgan fingerprint density at radius 2 is 1.53 bits per heavy atom. The number of Topliss-reactive ketones (excluding diaryl/α,β-unsaturated/α-hetero) is 1. The number of aliphatic hydroxyl groups excluding tert-OH is 1. The van der Waals surface area contributed by atoms with Crippen LogP contribution >= 0.6 is 0 Å². The number of fused-ring (bicyclic) bond motifs is 1. The van der Waals surface area contributed by atoms with Crippen LogP contribution in [-0.2, 0) is 28.8 Å². The molecule has 8 atom stereocenters. The molecule has 0 aromatic heterocycles. The van der Waals surface area contributed by atoms with Gasteiger partial charge < -0.3 is 31.1 Å². The van der Waals surface area contributed by atoms with E-state index in [1.807, 2.05) is 71.9 Å². The van der Waals surface area contributed by atoms with Crippen LogP contribution in [0.4, 0.5) is 0 Å². The van der Waals surface area contributed by atoms with Crippen molar-refractivity contribution in [3.05, 3.63) is 35.9 Å². The lowest BCUT2D eigenvalue weighted by Crippen LogP contribution is -2.59. The summed E-state index contributed by atoms with van der Waals surface area (Å²) >= 11 is 0. The number of rotatable bonds is 20. The maximum Gasteiger partial charge on any atom is 0.303 e. The van der Waals surface area contributed by atoms with Gasteiger partial charge in [0.05, 0.1) is 12.1 Å². The summed E-state index contributed by atoms with van der Waals surface area (Å²) in [4.78, 5) is 80.4. The Balaban J connectivity index is 1.74. The minimum absolute atomic E-state index is 0.00663. The van der Waals surface area contributed by atoms with Crippen molar-refractivity contribution in [1.29, 1.82) is 0 Å². The number of unbranched alkanes of at least 4 members (excludes halogenated alkanes) is 1. The molecule has 1 heterocycles. The molecule has 284 valence electrons. The average molecular weight is 713 g/mol. The van der Waals surface area contributed by atoms with Gasteiger partial charge in [-0.15, -0.1) is 0 Å². The largest absolute Gasteiger partial charge is 0.481 e. The van der Waals surface area contributed by atoms with Crippen LogP contribution in [0.3, 0.4) is 0 Å². The predicted molar refractivity (Wildman–Crippen MR) is 193 cm³/mol. The number of likely N-dealkylation sites (tertiary alicyclic amines) is 1. The number of hydrogen-bond acceptors (Lipinski definition) is 7. The molecule has 1 aromatic carbocycles. The summed E-state index contributed by atoms with van der Waals surface area (Å²) in [5, 5.41) is 28.7. The summed E-state index contributed by atoms with van der Waals surface area (Å²) in [5.41, 5.74) is 0.882. The number of benzene rings is 1. The lowest BCUT2D eigenvalue weighted by Gasteiger charge is -2.34. The molecule has 12 heteroatoms. The van der Waals surface area contributed by atoms with Crippen LogP contribution in [0.2, 0.25) is 0 Å². The fourth-order valence-electron chi connectivity index (χ4n) is 7.59. The van der Waals surface area contributed by atoms with Gasteiger partial charge in [-0.05, 0) is 68.3 Å². The molecule has 2 fully saturated rings. The minimum Gasteiger partial charge on any atom is -0.481 e. The van der Waals surface area contributed by atoms with Gasteiger partial charge in [-0.1, -0.05) is 77.8 Å². The number of ketones is 1. The third-order valence-corrected chi connectivity index (χ3v) is 10.6. The van der Waals surface area contributed by atoms with Gasteiger partial charge in [0.25, 0.3) is 5.91 Å². The highest BCUT2D eigenvalue weighted by molar-refractivity contribution is 5.95. The molecule has 3 rings (SSSR count). The number of nitrogens with zero attached hydrogens (tertiary/aromatic N) is 1. The van der Waals surface area contributed by atoms with Gasteiger partial charge in [-0.2, -0.15) is 0 Å². The van der Waals surface area contributed by atoms with Gasteiger partial charge in [0, 0.05) is 31.7 Å². The monoisotopic (exact) mass is 712 g/mol. The van der Waals surface area contributed by atoms with Crippen molar-refractivity contribution < 1.29 is 39.0 Å². The summed E-state index contributed by atoms with van der Waals surface area (Å²) in [5.74, 6) is -3.94. The number of carbonyl (C=O) groups is 6. The zero-order chi connectivity index (χ0) is 37.8. The Morgan fingerprint density at radius 1 is 0.863 bits per heavy atom. The van der Waals surface area contributed by atoms with Crippen molar-refractivity contribution in [3.8, 4) is 0 Å². The van der Waals surface area contributed by atoms with Gasteiger partial charge in [0.2, 0.25) is 17.7 Å². The molecule has 1 saturated carbocycles. The van der Waals surface area contributed by atoms with Crippen LogP contribution < -0.4 is 16.0 Å². The summed E-state index contributed by atoms with van der Waals surface area (Å²) in [7, 11) is 0. The Hall–Kier alpha value is -3.80. The summed E-state index contributed by atoms with van der Waals surface area (Å²) in [6.07, 6.45) is 3.02. The molecule has 2 unspecified atom stereocenters. The van der Waals surface area contributed by atoms with Gasteiger partial charge in [-0.3, -0.25) is 28.8 Å². The van der Waals surface area contributed by atoms with E-state index in [4.69, 9.17) is 5.11 Å². The van der Waals surface area contributed by atoms with E-state index in [-0.39, 0.29) is 60.7 Å². The maximum atomic E-state index is 14.3. The minimum atomic E-state index is -1.50. The van der Waals surface area contributed by atoms with Crippen molar-refractivity contribution in [1.82, 2.24) is 20.9 Å². The third kappa shape index (κ3) is 11.6. The van der Waals surface area contributed by atoms with E-state index in [1.54, 1.807) is 4.90 Å². The summed E-state index contributed by atoms with van der Waals surface area (Å²) < 4.78 is 0. The van der Waals surface area contributed by atoms with Gasteiger partial charge in [0.1, 0.15) is 17.9 Å². The van der Waals surface area contributed by atoms with E-state index >= 15 is 0 Å². The number of amides is 4. The molecule has 0 radical (unpaired) electrons. The Labute approximate surface area is 302 Å². The highest BCUT2D eigenvalue weighted by Crippen LogP contribution is 2.43. The molecule has 12 nitrogen and oxygen atoms in total. The van der Waals surface area contributed by atoms with Crippen LogP contribution in [0, 0.1) is 29.6 Å². The Morgan fingerprint density at radius 3 is 2.14 bits per heavy atom. The molecule has 1 aliphatic heterocycles. The van der Waals surface area contributed by atoms with Crippen molar-refractivity contribution in [2.45, 2.75) is 136 Å². The second-order valence-corrected chi connectivity index (χ2v) is 15.2. The average Bonchev–Trinajstić information content (AvgIpc) is 3.69. The zero-order valence-electron chi connectivity index (χ0n) is 31.2. The number of carbonyl (C=O) groups excluding carboxylic acids is 5. The fraction of sp³-hybridized carbons (Fsp3) is 0.692. The molecule has 0 spiro atoms. The van der Waals surface area contributed by atoms with E-state index in [0.717, 1.165) is 24.8 Å². The van der Waals surface area contributed by atoms with Crippen molar-refractivity contribution in [2.24, 2.45) is 29.6 Å². The molecule has 0 bridgehead atoms. The first-order valence-corrected chi connectivity index (χ1v) is 18.8. The molecule has 4 amide bonds. The normalized spacial score (nSPS) is 21.4. The van der Waals surface area contributed by atoms with E-state index in [1.165, 1.54) is 0 Å². The fourth-order valence-corrected chi connectivity index (χ4v) is 7.59. The number of aliphatic hydroxyl groups is 1. The molecule has 1 aromatic rings. The molecule has 1 saturated heterocycles. The van der Waals surface area contributed by atoms with Crippen molar-refractivity contribution in [2.75, 3.05) is 6.54 Å². The molecule has 5 N–H and O–H groups in total. The Bertz CT molecular complexity index is 1350. The smallest absolute Gasteiger partial charge is 0.303 e. The number of hydrogen-bond donors (Lipinski definition) is 5. The topological polar surface area (TPSA) is 182 Å². The summed E-state index contributed by atoms with van der Waals surface area (Å²) in [6.45, 7) is 11.5. The number of nitrogens with one attached hydrogen (secondary N) is 3. The van der Waals surface area contributed by atoms with Crippen LogP contribution in [0.1, 0.15) is 117 Å². The second kappa shape index (κ2) is 19.7. The molecule has 2 aliphatic rings. The van der Waals surface area contributed by atoms with Crippen LogP contribution in [0.25, 0.3) is 0 Å². The lowest BCUT2D eigenvalue weighted by molar-refractivity contribution is -0.145. The summed E-state index contributed by atoms with van der Waals surface area (Å²) in [6, 6.07) is 6.43. The number of aliphatic carboxylic acids is 1. The van der Waals surface area contributed by atoms with E-state index in [9.17, 15) is 33.9 Å². The van der Waals surface area contributed by atoms with E-state index < -0.39 is 53.8 Å². The highest BCUT2D eigenvalue weighted by atomic mass is 16.4. The molecular formula is C39H60N4O8. The van der Waals surface area contributed by atoms with Gasteiger partial charge in [0.15, 0.2) is 6.10 Å². The third-order valence-electron chi connectivity index (χ3n) is 10.6. The number of carboxylic acids is 1. The molecule has 1 aliphatic carbocycles. The molecule has 51 heavy (non-hydrogen) atoms. The second-order valence-electron chi connectivity index (χ2n) is 15.2. The van der Waals surface area contributed by atoms with E-state index in [2.05, 4.69) is 16.0 Å². The zero-order valence-corrected chi connectivity index (χ0v) is 31.2. The SMILES string of the molecule is CCCC(NC(=O)[C@@H]1[C@H]2CCC[C@H]2CN1C(=O)[C@@H](NC(=O)[C@@H](CC(=O)CCCCC(=O)O)C(C)C)C(C)C)C(O)C(=O)N[C@@H](C)c1ccccc1. The number of carboxylic acid groups (broad SMARTS) is 1. The van der Waals surface area contributed by atoms with Gasteiger partial charge >= 0.3 is 5.97 Å².